The SMILES string of the molecule is CN=C(NCCNc1nc2ccccc2s1)N1CCN(Cc2ccon2)CC1. The van der Waals surface area contributed by atoms with E-state index in [0.29, 0.717) is 0 Å². The number of aromatic nitrogens is 2. The van der Waals surface area contributed by atoms with Gasteiger partial charge in [0, 0.05) is 58.9 Å². The number of rotatable bonds is 6. The topological polar surface area (TPSA) is 81.8 Å². The Morgan fingerprint density at radius 1 is 1.18 bits per heavy atom. The van der Waals surface area contributed by atoms with Gasteiger partial charge in [0.1, 0.15) is 6.26 Å². The van der Waals surface area contributed by atoms with Crippen molar-refractivity contribution < 1.29 is 4.52 Å². The van der Waals surface area contributed by atoms with Crippen LogP contribution in [0.15, 0.2) is 46.1 Å². The summed E-state index contributed by atoms with van der Waals surface area (Å²) in [4.78, 5) is 13.7. The average Bonchev–Trinajstić information content (AvgIpc) is 3.38. The molecule has 1 aliphatic rings. The van der Waals surface area contributed by atoms with Crippen molar-refractivity contribution in [1.29, 1.82) is 0 Å². The smallest absolute Gasteiger partial charge is 0.193 e. The predicted octanol–water partition coefficient (Wildman–Crippen LogP) is 2.09. The van der Waals surface area contributed by atoms with Gasteiger partial charge in [0.05, 0.1) is 15.9 Å². The van der Waals surface area contributed by atoms with E-state index in [-0.39, 0.29) is 0 Å². The first-order chi connectivity index (χ1) is 13.8. The van der Waals surface area contributed by atoms with Gasteiger partial charge in [0.2, 0.25) is 0 Å². The summed E-state index contributed by atoms with van der Waals surface area (Å²) in [6.45, 7) is 6.29. The Bertz CT molecular complexity index is 867. The van der Waals surface area contributed by atoms with E-state index in [9.17, 15) is 0 Å². The van der Waals surface area contributed by atoms with Crippen LogP contribution in [0.4, 0.5) is 5.13 Å². The normalized spacial score (nSPS) is 15.9. The largest absolute Gasteiger partial charge is 0.364 e. The van der Waals surface area contributed by atoms with Gasteiger partial charge in [-0.05, 0) is 12.1 Å². The number of aliphatic imine (C=N–C) groups is 1. The van der Waals surface area contributed by atoms with Crippen LogP contribution in [0, 0.1) is 0 Å². The summed E-state index contributed by atoms with van der Waals surface area (Å²) < 4.78 is 6.12. The van der Waals surface area contributed by atoms with Crippen LogP contribution in [0.5, 0.6) is 0 Å². The summed E-state index contributed by atoms with van der Waals surface area (Å²) in [5.74, 6) is 0.951. The number of hydrogen-bond donors (Lipinski definition) is 2. The van der Waals surface area contributed by atoms with Crippen LogP contribution in [-0.4, -0.2) is 72.2 Å². The number of hydrogen-bond acceptors (Lipinski definition) is 7. The molecule has 3 heterocycles. The number of guanidine groups is 1. The molecule has 0 amide bonds. The van der Waals surface area contributed by atoms with E-state index in [1.165, 1.54) is 4.70 Å². The first-order valence-electron chi connectivity index (χ1n) is 9.48. The summed E-state index contributed by atoms with van der Waals surface area (Å²) in [6, 6.07) is 10.1. The van der Waals surface area contributed by atoms with Crippen LogP contribution in [0.1, 0.15) is 5.69 Å². The highest BCUT2D eigenvalue weighted by atomic mass is 32.1. The Balaban J connectivity index is 1.19. The number of nitrogens with zero attached hydrogens (tertiary/aromatic N) is 5. The van der Waals surface area contributed by atoms with E-state index in [0.717, 1.165) is 68.1 Å². The van der Waals surface area contributed by atoms with Crippen molar-refractivity contribution in [2.75, 3.05) is 51.6 Å². The minimum absolute atomic E-state index is 0.793. The molecular weight excluding hydrogens is 374 g/mol. The van der Waals surface area contributed by atoms with E-state index in [1.54, 1.807) is 17.6 Å². The molecule has 9 heteroatoms. The molecule has 1 aliphatic heterocycles. The zero-order valence-electron chi connectivity index (χ0n) is 16.0. The summed E-state index contributed by atoms with van der Waals surface area (Å²) in [6.07, 6.45) is 1.62. The molecule has 0 unspecified atom stereocenters. The molecule has 0 aliphatic carbocycles. The van der Waals surface area contributed by atoms with E-state index < -0.39 is 0 Å². The summed E-state index contributed by atoms with van der Waals surface area (Å²) >= 11 is 1.68. The number of fused-ring (bicyclic) bond motifs is 1. The van der Waals surface area contributed by atoms with Gasteiger partial charge in [-0.15, -0.1) is 0 Å². The fourth-order valence-electron chi connectivity index (χ4n) is 3.29. The lowest BCUT2D eigenvalue weighted by Crippen LogP contribution is -2.52. The third-order valence-electron chi connectivity index (χ3n) is 4.74. The van der Waals surface area contributed by atoms with E-state index in [4.69, 9.17) is 4.52 Å². The van der Waals surface area contributed by atoms with Crippen molar-refractivity contribution in [2.24, 2.45) is 4.99 Å². The minimum Gasteiger partial charge on any atom is -0.364 e. The van der Waals surface area contributed by atoms with Crippen molar-refractivity contribution in [1.82, 2.24) is 25.3 Å². The molecule has 0 spiro atoms. The van der Waals surface area contributed by atoms with Gasteiger partial charge in [0.25, 0.3) is 0 Å². The van der Waals surface area contributed by atoms with Gasteiger partial charge < -0.3 is 20.1 Å². The molecule has 28 heavy (non-hydrogen) atoms. The fraction of sp³-hybridized carbons (Fsp3) is 0.421. The maximum atomic E-state index is 4.91. The monoisotopic (exact) mass is 399 g/mol. The van der Waals surface area contributed by atoms with E-state index in [2.05, 4.69) is 41.6 Å². The summed E-state index contributed by atoms with van der Waals surface area (Å²) in [5.41, 5.74) is 2.03. The van der Waals surface area contributed by atoms with Gasteiger partial charge in [0.15, 0.2) is 11.1 Å². The highest BCUT2D eigenvalue weighted by Crippen LogP contribution is 2.24. The number of benzene rings is 1. The zero-order valence-corrected chi connectivity index (χ0v) is 16.8. The summed E-state index contributed by atoms with van der Waals surface area (Å²) in [5, 5.41) is 11.8. The standard InChI is InChI=1S/C19H25N7OS/c1-20-18(26-11-9-25(10-12-26)14-15-6-13-27-24-15)21-7-8-22-19-23-16-4-2-3-5-17(16)28-19/h2-6,13H,7-12,14H2,1H3,(H,20,21)(H,22,23). The minimum atomic E-state index is 0.793. The molecule has 1 aromatic carbocycles. The van der Waals surface area contributed by atoms with Crippen LogP contribution < -0.4 is 10.6 Å². The van der Waals surface area contributed by atoms with Crippen LogP contribution in [-0.2, 0) is 6.54 Å². The zero-order chi connectivity index (χ0) is 19.2. The highest BCUT2D eigenvalue weighted by molar-refractivity contribution is 7.22. The van der Waals surface area contributed by atoms with Crippen molar-refractivity contribution in [3.05, 3.63) is 42.3 Å². The Morgan fingerprint density at radius 2 is 2.04 bits per heavy atom. The first-order valence-corrected chi connectivity index (χ1v) is 10.3. The molecule has 2 N–H and O–H groups in total. The molecule has 1 fully saturated rings. The second-order valence-electron chi connectivity index (χ2n) is 6.64. The Labute approximate surface area is 168 Å². The lowest BCUT2D eigenvalue weighted by molar-refractivity contribution is 0.169. The number of anilines is 1. The maximum Gasteiger partial charge on any atom is 0.193 e. The van der Waals surface area contributed by atoms with Crippen molar-refractivity contribution >= 4 is 32.6 Å². The van der Waals surface area contributed by atoms with Crippen LogP contribution >= 0.6 is 11.3 Å². The van der Waals surface area contributed by atoms with E-state index >= 15 is 0 Å². The number of piperazine rings is 1. The maximum absolute atomic E-state index is 4.91. The first kappa shape index (κ1) is 18.7. The molecule has 0 bridgehead atoms. The number of para-hydroxylation sites is 1. The van der Waals surface area contributed by atoms with Crippen LogP contribution in [0.25, 0.3) is 10.2 Å². The second kappa shape index (κ2) is 9.03. The lowest BCUT2D eigenvalue weighted by atomic mass is 10.3. The molecule has 8 nitrogen and oxygen atoms in total. The molecule has 148 valence electrons. The number of nitrogens with one attached hydrogen (secondary N) is 2. The van der Waals surface area contributed by atoms with Crippen molar-refractivity contribution in [3.8, 4) is 0 Å². The van der Waals surface area contributed by atoms with Gasteiger partial charge in [-0.1, -0.05) is 28.6 Å². The molecule has 3 aromatic rings. The third kappa shape index (κ3) is 4.60. The molecule has 0 atom stereocenters. The third-order valence-corrected chi connectivity index (χ3v) is 5.73. The summed E-state index contributed by atoms with van der Waals surface area (Å²) in [7, 11) is 1.84. The molecule has 2 aromatic heterocycles. The average molecular weight is 400 g/mol. The van der Waals surface area contributed by atoms with Crippen molar-refractivity contribution in [2.45, 2.75) is 6.54 Å². The van der Waals surface area contributed by atoms with Crippen molar-refractivity contribution in [3.63, 3.8) is 0 Å². The highest BCUT2D eigenvalue weighted by Gasteiger charge is 2.20. The van der Waals surface area contributed by atoms with Gasteiger partial charge in [-0.3, -0.25) is 9.89 Å². The lowest BCUT2D eigenvalue weighted by Gasteiger charge is -2.36. The van der Waals surface area contributed by atoms with Crippen LogP contribution in [0.2, 0.25) is 0 Å². The second-order valence-corrected chi connectivity index (χ2v) is 7.67. The Kier molecular flexibility index (Phi) is 6.03. The predicted molar refractivity (Wildman–Crippen MR) is 113 cm³/mol. The Hall–Kier alpha value is -2.65. The van der Waals surface area contributed by atoms with Gasteiger partial charge >= 0.3 is 0 Å². The quantitative estimate of drug-likeness (QED) is 0.373. The molecule has 4 rings (SSSR count). The molecule has 0 saturated carbocycles. The van der Waals surface area contributed by atoms with Crippen LogP contribution in [0.3, 0.4) is 0 Å². The molecule has 1 saturated heterocycles. The van der Waals surface area contributed by atoms with Gasteiger partial charge in [-0.25, -0.2) is 4.98 Å². The fourth-order valence-corrected chi connectivity index (χ4v) is 4.18. The van der Waals surface area contributed by atoms with E-state index in [1.807, 2.05) is 31.3 Å². The van der Waals surface area contributed by atoms with Gasteiger partial charge in [-0.2, -0.15) is 0 Å². The molecular formula is C19H25N7OS. The molecule has 0 radical (unpaired) electrons. The Morgan fingerprint density at radius 3 is 2.79 bits per heavy atom. The number of thiazole rings is 1.